The smallest absolute Gasteiger partial charge is 0.285 e. The van der Waals surface area contributed by atoms with Crippen LogP contribution in [0.2, 0.25) is 0 Å². The molecule has 0 saturated heterocycles. The Morgan fingerprint density at radius 1 is 1.00 bits per heavy atom. The van der Waals surface area contributed by atoms with E-state index < -0.39 is 11.4 Å². The number of aliphatic hydroxyl groups is 3. The molecule has 0 fully saturated rings. The SMILES string of the molecule is Cc1ccccc1C(C)(C)C(O)(O)O. The maximum absolute atomic E-state index is 9.23. The molecular weight excluding hydrogens is 180 g/mol. The third-order valence-corrected chi connectivity index (χ3v) is 2.66. The Hall–Kier alpha value is -0.900. The number of aryl methyl sites for hydroxylation is 1. The van der Waals surface area contributed by atoms with E-state index in [1.54, 1.807) is 26.0 Å². The molecule has 0 aliphatic heterocycles. The highest BCUT2D eigenvalue weighted by Crippen LogP contribution is 2.33. The van der Waals surface area contributed by atoms with Crippen LogP contribution in [0.25, 0.3) is 0 Å². The molecule has 0 atom stereocenters. The van der Waals surface area contributed by atoms with Gasteiger partial charge < -0.3 is 15.3 Å². The van der Waals surface area contributed by atoms with Crippen molar-refractivity contribution in [3.63, 3.8) is 0 Å². The lowest BCUT2D eigenvalue weighted by molar-refractivity contribution is -0.346. The van der Waals surface area contributed by atoms with Crippen LogP contribution in [0, 0.1) is 6.92 Å². The van der Waals surface area contributed by atoms with Gasteiger partial charge in [-0.25, -0.2) is 0 Å². The van der Waals surface area contributed by atoms with Gasteiger partial charge in [0.1, 0.15) is 0 Å². The fraction of sp³-hybridized carbons (Fsp3) is 0.455. The van der Waals surface area contributed by atoms with Crippen molar-refractivity contribution < 1.29 is 15.3 Å². The summed E-state index contributed by atoms with van der Waals surface area (Å²) in [5.74, 6) is -2.71. The van der Waals surface area contributed by atoms with Gasteiger partial charge >= 0.3 is 0 Å². The van der Waals surface area contributed by atoms with Gasteiger partial charge in [0.05, 0.1) is 5.41 Å². The standard InChI is InChI=1S/C11H16O3/c1-8-6-4-5-7-9(8)10(2,3)11(12,13)14/h4-7,12-14H,1-3H3. The van der Waals surface area contributed by atoms with Gasteiger partial charge in [-0.1, -0.05) is 24.3 Å². The summed E-state index contributed by atoms with van der Waals surface area (Å²) in [4.78, 5) is 0. The minimum absolute atomic E-state index is 0.715. The van der Waals surface area contributed by atoms with Gasteiger partial charge in [-0.2, -0.15) is 0 Å². The van der Waals surface area contributed by atoms with E-state index in [0.29, 0.717) is 5.56 Å². The van der Waals surface area contributed by atoms with Crippen molar-refractivity contribution in [1.29, 1.82) is 0 Å². The van der Waals surface area contributed by atoms with E-state index in [1.165, 1.54) is 0 Å². The summed E-state index contributed by atoms with van der Waals surface area (Å²) < 4.78 is 0. The monoisotopic (exact) mass is 196 g/mol. The van der Waals surface area contributed by atoms with Gasteiger partial charge in [0.2, 0.25) is 0 Å². The summed E-state index contributed by atoms with van der Waals surface area (Å²) in [6.07, 6.45) is 0. The Morgan fingerprint density at radius 2 is 1.50 bits per heavy atom. The van der Waals surface area contributed by atoms with Crippen molar-refractivity contribution in [1.82, 2.24) is 0 Å². The fourth-order valence-corrected chi connectivity index (χ4v) is 1.45. The zero-order chi connectivity index (χ0) is 11.0. The molecule has 1 aromatic rings. The first kappa shape index (κ1) is 11.2. The number of rotatable bonds is 2. The molecular formula is C11H16O3. The van der Waals surface area contributed by atoms with Gasteiger partial charge in [0.15, 0.2) is 0 Å². The Bertz CT molecular complexity index is 324. The highest BCUT2D eigenvalue weighted by molar-refractivity contribution is 5.33. The van der Waals surface area contributed by atoms with Gasteiger partial charge in [-0.15, -0.1) is 0 Å². The molecule has 3 nitrogen and oxygen atoms in total. The Morgan fingerprint density at radius 3 is 1.93 bits per heavy atom. The lowest BCUT2D eigenvalue weighted by Crippen LogP contribution is -2.48. The van der Waals surface area contributed by atoms with Crippen LogP contribution in [0.3, 0.4) is 0 Å². The molecule has 0 aromatic heterocycles. The highest BCUT2D eigenvalue weighted by Gasteiger charge is 2.42. The molecule has 14 heavy (non-hydrogen) atoms. The topological polar surface area (TPSA) is 60.7 Å². The molecule has 0 unspecified atom stereocenters. The summed E-state index contributed by atoms with van der Waals surface area (Å²) in [7, 11) is 0. The molecule has 0 saturated carbocycles. The minimum Gasteiger partial charge on any atom is -0.343 e. The van der Waals surface area contributed by atoms with Gasteiger partial charge in [0.25, 0.3) is 5.97 Å². The van der Waals surface area contributed by atoms with Crippen LogP contribution in [-0.2, 0) is 5.41 Å². The third kappa shape index (κ3) is 1.80. The lowest BCUT2D eigenvalue weighted by Gasteiger charge is -2.34. The van der Waals surface area contributed by atoms with Gasteiger partial charge in [0, 0.05) is 0 Å². The van der Waals surface area contributed by atoms with Crippen LogP contribution in [-0.4, -0.2) is 21.3 Å². The summed E-state index contributed by atoms with van der Waals surface area (Å²) in [6.45, 7) is 5.02. The maximum atomic E-state index is 9.23. The van der Waals surface area contributed by atoms with E-state index in [1.807, 2.05) is 19.1 Å². The summed E-state index contributed by atoms with van der Waals surface area (Å²) >= 11 is 0. The minimum atomic E-state index is -2.71. The molecule has 0 spiro atoms. The number of hydrogen-bond acceptors (Lipinski definition) is 3. The van der Waals surface area contributed by atoms with Crippen LogP contribution in [0.5, 0.6) is 0 Å². The van der Waals surface area contributed by atoms with Gasteiger partial charge in [-0.3, -0.25) is 0 Å². The zero-order valence-electron chi connectivity index (χ0n) is 8.65. The van der Waals surface area contributed by atoms with Crippen molar-refractivity contribution in [2.75, 3.05) is 0 Å². The summed E-state index contributed by atoms with van der Waals surface area (Å²) in [5.41, 5.74) is 0.518. The predicted molar refractivity (Wildman–Crippen MR) is 53.6 cm³/mol. The molecule has 3 heteroatoms. The second-order valence-electron chi connectivity index (χ2n) is 4.08. The molecule has 0 heterocycles. The first-order chi connectivity index (χ1) is 6.27. The predicted octanol–water partition coefficient (Wildman–Crippen LogP) is 0.903. The highest BCUT2D eigenvalue weighted by atomic mass is 16.7. The van der Waals surface area contributed by atoms with E-state index in [-0.39, 0.29) is 0 Å². The molecule has 0 aliphatic rings. The molecule has 0 radical (unpaired) electrons. The van der Waals surface area contributed by atoms with Crippen molar-refractivity contribution in [3.05, 3.63) is 35.4 Å². The van der Waals surface area contributed by atoms with Crippen LogP contribution in [0.4, 0.5) is 0 Å². The lowest BCUT2D eigenvalue weighted by atomic mass is 9.80. The Labute approximate surface area is 83.6 Å². The quantitative estimate of drug-likeness (QED) is 0.616. The second-order valence-corrected chi connectivity index (χ2v) is 4.08. The first-order valence-corrected chi connectivity index (χ1v) is 4.50. The second kappa shape index (κ2) is 3.35. The van der Waals surface area contributed by atoms with Crippen LogP contribution >= 0.6 is 0 Å². The first-order valence-electron chi connectivity index (χ1n) is 4.50. The Kier molecular flexibility index (Phi) is 2.67. The normalized spacial score (nSPS) is 13.0. The van der Waals surface area contributed by atoms with E-state index in [9.17, 15) is 15.3 Å². The number of benzene rings is 1. The van der Waals surface area contributed by atoms with Crippen molar-refractivity contribution in [2.24, 2.45) is 0 Å². The molecule has 0 bridgehead atoms. The molecule has 78 valence electrons. The fourth-order valence-electron chi connectivity index (χ4n) is 1.45. The van der Waals surface area contributed by atoms with Crippen LogP contribution in [0.1, 0.15) is 25.0 Å². The van der Waals surface area contributed by atoms with E-state index >= 15 is 0 Å². The van der Waals surface area contributed by atoms with Gasteiger partial charge in [-0.05, 0) is 31.9 Å². The third-order valence-electron chi connectivity index (χ3n) is 2.66. The molecule has 0 aliphatic carbocycles. The van der Waals surface area contributed by atoms with Crippen LogP contribution in [0.15, 0.2) is 24.3 Å². The van der Waals surface area contributed by atoms with Crippen LogP contribution < -0.4 is 0 Å². The number of hydrogen-bond donors (Lipinski definition) is 3. The zero-order valence-corrected chi connectivity index (χ0v) is 8.65. The van der Waals surface area contributed by atoms with Crippen molar-refractivity contribution >= 4 is 0 Å². The Balaban J connectivity index is 3.23. The molecule has 0 amide bonds. The van der Waals surface area contributed by atoms with E-state index in [4.69, 9.17) is 0 Å². The average Bonchev–Trinajstić information content (AvgIpc) is 2.02. The average molecular weight is 196 g/mol. The summed E-state index contributed by atoms with van der Waals surface area (Å²) in [6, 6.07) is 7.30. The molecule has 3 N–H and O–H groups in total. The summed E-state index contributed by atoms with van der Waals surface area (Å²) in [5, 5.41) is 27.7. The maximum Gasteiger partial charge on any atom is 0.285 e. The van der Waals surface area contributed by atoms with Crippen molar-refractivity contribution in [3.8, 4) is 0 Å². The van der Waals surface area contributed by atoms with E-state index in [2.05, 4.69) is 0 Å². The molecule has 1 rings (SSSR count). The van der Waals surface area contributed by atoms with E-state index in [0.717, 1.165) is 5.56 Å². The largest absolute Gasteiger partial charge is 0.343 e. The van der Waals surface area contributed by atoms with Crippen molar-refractivity contribution in [2.45, 2.75) is 32.2 Å². The molecule has 1 aromatic carbocycles.